The third-order valence-corrected chi connectivity index (χ3v) is 3.44. The number of ether oxygens (including phenoxy) is 2. The van der Waals surface area contributed by atoms with Crippen LogP contribution in [0.4, 0.5) is 0 Å². The first kappa shape index (κ1) is 14.7. The molecule has 5 heteroatoms. The van der Waals surface area contributed by atoms with Crippen LogP contribution < -0.4 is 20.5 Å². The van der Waals surface area contributed by atoms with Crippen molar-refractivity contribution in [1.82, 2.24) is 5.32 Å². The number of nitrogens with one attached hydrogen (secondary N) is 1. The normalized spacial score (nSPS) is 15.6. The Kier molecular flexibility index (Phi) is 4.18. The quantitative estimate of drug-likeness (QED) is 0.868. The first-order valence-electron chi connectivity index (χ1n) is 6.83. The standard InChI is InChI=1S/C15H22N2O3/c1-10(16)14(18)17-9-15(2,3)11-4-5-12-13(8-11)20-7-6-19-12/h4-5,8,10H,6-7,9,16H2,1-3H3,(H,17,18)/t10-/m0/s1. The summed E-state index contributed by atoms with van der Waals surface area (Å²) in [6.07, 6.45) is 0. The van der Waals surface area contributed by atoms with E-state index in [4.69, 9.17) is 15.2 Å². The molecule has 3 N–H and O–H groups in total. The van der Waals surface area contributed by atoms with Crippen molar-refractivity contribution in [3.63, 3.8) is 0 Å². The number of fused-ring (bicyclic) bond motifs is 1. The Labute approximate surface area is 119 Å². The van der Waals surface area contributed by atoms with Crippen LogP contribution in [0.5, 0.6) is 11.5 Å². The highest BCUT2D eigenvalue weighted by Crippen LogP contribution is 2.34. The molecule has 0 aromatic heterocycles. The van der Waals surface area contributed by atoms with Crippen LogP contribution in [-0.2, 0) is 10.2 Å². The summed E-state index contributed by atoms with van der Waals surface area (Å²) >= 11 is 0. The monoisotopic (exact) mass is 278 g/mol. The molecule has 1 aromatic rings. The maximum absolute atomic E-state index is 11.6. The van der Waals surface area contributed by atoms with Gasteiger partial charge in [0.2, 0.25) is 5.91 Å². The van der Waals surface area contributed by atoms with Gasteiger partial charge in [-0.15, -0.1) is 0 Å². The van der Waals surface area contributed by atoms with Gasteiger partial charge in [0.05, 0.1) is 6.04 Å². The van der Waals surface area contributed by atoms with E-state index in [1.165, 1.54) is 0 Å². The van der Waals surface area contributed by atoms with Crippen LogP contribution in [0.1, 0.15) is 26.3 Å². The van der Waals surface area contributed by atoms with E-state index in [-0.39, 0.29) is 11.3 Å². The Morgan fingerprint density at radius 3 is 2.65 bits per heavy atom. The second kappa shape index (κ2) is 5.71. The summed E-state index contributed by atoms with van der Waals surface area (Å²) in [6, 6.07) is 5.41. The van der Waals surface area contributed by atoms with Gasteiger partial charge in [0, 0.05) is 12.0 Å². The lowest BCUT2D eigenvalue weighted by molar-refractivity contribution is -0.122. The van der Waals surface area contributed by atoms with Crippen molar-refractivity contribution in [2.75, 3.05) is 19.8 Å². The van der Waals surface area contributed by atoms with E-state index in [9.17, 15) is 4.79 Å². The van der Waals surface area contributed by atoms with E-state index in [0.717, 1.165) is 17.1 Å². The van der Waals surface area contributed by atoms with Crippen molar-refractivity contribution in [1.29, 1.82) is 0 Å². The zero-order valence-corrected chi connectivity index (χ0v) is 12.2. The van der Waals surface area contributed by atoms with Crippen molar-refractivity contribution in [2.45, 2.75) is 32.2 Å². The Morgan fingerprint density at radius 2 is 2.00 bits per heavy atom. The van der Waals surface area contributed by atoms with E-state index >= 15 is 0 Å². The van der Waals surface area contributed by atoms with Gasteiger partial charge >= 0.3 is 0 Å². The summed E-state index contributed by atoms with van der Waals surface area (Å²) in [5.41, 5.74) is 6.43. The third kappa shape index (κ3) is 3.22. The average Bonchev–Trinajstić information content (AvgIpc) is 2.44. The van der Waals surface area contributed by atoms with Crippen LogP contribution in [0, 0.1) is 0 Å². The molecule has 0 aliphatic carbocycles. The van der Waals surface area contributed by atoms with Crippen LogP contribution in [0.25, 0.3) is 0 Å². The van der Waals surface area contributed by atoms with Gasteiger partial charge in [0.1, 0.15) is 13.2 Å². The molecule has 0 radical (unpaired) electrons. The fourth-order valence-corrected chi connectivity index (χ4v) is 2.04. The lowest BCUT2D eigenvalue weighted by Crippen LogP contribution is -2.43. The Balaban J connectivity index is 2.10. The number of amides is 1. The van der Waals surface area contributed by atoms with Crippen LogP contribution in [0.3, 0.4) is 0 Å². The van der Waals surface area contributed by atoms with E-state index in [1.807, 2.05) is 18.2 Å². The summed E-state index contributed by atoms with van der Waals surface area (Å²) in [7, 11) is 0. The minimum Gasteiger partial charge on any atom is -0.486 e. The molecule has 1 aromatic carbocycles. The van der Waals surface area contributed by atoms with Crippen molar-refractivity contribution >= 4 is 5.91 Å². The summed E-state index contributed by atoms with van der Waals surface area (Å²) in [6.45, 7) is 7.48. The van der Waals surface area contributed by atoms with Crippen molar-refractivity contribution in [2.24, 2.45) is 5.73 Å². The van der Waals surface area contributed by atoms with E-state index < -0.39 is 6.04 Å². The molecule has 0 spiro atoms. The summed E-state index contributed by atoms with van der Waals surface area (Å²) in [5, 5.41) is 2.86. The Morgan fingerprint density at radius 1 is 1.35 bits per heavy atom. The topological polar surface area (TPSA) is 73.6 Å². The summed E-state index contributed by atoms with van der Waals surface area (Å²) in [5.74, 6) is 1.39. The zero-order valence-electron chi connectivity index (χ0n) is 12.2. The smallest absolute Gasteiger partial charge is 0.236 e. The van der Waals surface area contributed by atoms with Crippen LogP contribution >= 0.6 is 0 Å². The highest BCUT2D eigenvalue weighted by atomic mass is 16.6. The van der Waals surface area contributed by atoms with Crippen LogP contribution in [0.2, 0.25) is 0 Å². The molecular weight excluding hydrogens is 256 g/mol. The van der Waals surface area contributed by atoms with E-state index in [2.05, 4.69) is 19.2 Å². The van der Waals surface area contributed by atoms with Crippen molar-refractivity contribution in [3.8, 4) is 11.5 Å². The number of rotatable bonds is 4. The van der Waals surface area contributed by atoms with Crippen molar-refractivity contribution < 1.29 is 14.3 Å². The second-order valence-electron chi connectivity index (χ2n) is 5.75. The maximum Gasteiger partial charge on any atom is 0.236 e. The van der Waals surface area contributed by atoms with Crippen LogP contribution in [0.15, 0.2) is 18.2 Å². The van der Waals surface area contributed by atoms with Gasteiger partial charge in [-0.25, -0.2) is 0 Å². The third-order valence-electron chi connectivity index (χ3n) is 3.44. The first-order valence-corrected chi connectivity index (χ1v) is 6.83. The molecule has 0 saturated carbocycles. The molecule has 2 rings (SSSR count). The summed E-state index contributed by atoms with van der Waals surface area (Å²) < 4.78 is 11.1. The lowest BCUT2D eigenvalue weighted by Gasteiger charge is -2.28. The molecule has 0 unspecified atom stereocenters. The molecule has 1 heterocycles. The predicted octanol–water partition coefficient (Wildman–Crippen LogP) is 1.20. The summed E-state index contributed by atoms with van der Waals surface area (Å²) in [4.78, 5) is 11.6. The largest absolute Gasteiger partial charge is 0.486 e. The molecule has 1 atom stereocenters. The molecule has 110 valence electrons. The van der Waals surface area contributed by atoms with Gasteiger partial charge in [-0.1, -0.05) is 19.9 Å². The second-order valence-corrected chi connectivity index (χ2v) is 5.75. The highest BCUT2D eigenvalue weighted by Gasteiger charge is 2.24. The number of nitrogens with two attached hydrogens (primary N) is 1. The fourth-order valence-electron chi connectivity index (χ4n) is 2.04. The molecular formula is C15H22N2O3. The Hall–Kier alpha value is -1.75. The molecule has 0 fully saturated rings. The van der Waals surface area contributed by atoms with Gasteiger partial charge in [0.15, 0.2) is 11.5 Å². The molecule has 1 amide bonds. The first-order chi connectivity index (χ1) is 9.40. The molecule has 1 aliphatic heterocycles. The van der Waals surface area contributed by atoms with Gasteiger partial charge in [-0.2, -0.15) is 0 Å². The molecule has 20 heavy (non-hydrogen) atoms. The molecule has 1 aliphatic rings. The SMILES string of the molecule is C[C@H](N)C(=O)NCC(C)(C)c1ccc2c(c1)OCCO2. The minimum atomic E-state index is -0.494. The van der Waals surface area contributed by atoms with E-state index in [0.29, 0.717) is 19.8 Å². The maximum atomic E-state index is 11.6. The van der Waals surface area contributed by atoms with Gasteiger partial charge in [-0.3, -0.25) is 4.79 Å². The molecule has 5 nitrogen and oxygen atoms in total. The average molecular weight is 278 g/mol. The number of benzene rings is 1. The zero-order chi connectivity index (χ0) is 14.8. The predicted molar refractivity (Wildman–Crippen MR) is 77.1 cm³/mol. The Bertz CT molecular complexity index is 498. The number of carbonyl (C=O) groups is 1. The lowest BCUT2D eigenvalue weighted by atomic mass is 9.84. The number of hydrogen-bond donors (Lipinski definition) is 2. The fraction of sp³-hybridized carbons (Fsp3) is 0.533. The van der Waals surface area contributed by atoms with Gasteiger partial charge < -0.3 is 20.5 Å². The van der Waals surface area contributed by atoms with Gasteiger partial charge in [0.25, 0.3) is 0 Å². The van der Waals surface area contributed by atoms with E-state index in [1.54, 1.807) is 6.92 Å². The number of hydrogen-bond acceptors (Lipinski definition) is 4. The van der Waals surface area contributed by atoms with Crippen molar-refractivity contribution in [3.05, 3.63) is 23.8 Å². The molecule has 0 saturated heterocycles. The molecule has 0 bridgehead atoms. The minimum absolute atomic E-state index is 0.143. The van der Waals surface area contributed by atoms with Crippen LogP contribution in [-0.4, -0.2) is 31.7 Å². The number of carbonyl (C=O) groups excluding carboxylic acids is 1. The highest BCUT2D eigenvalue weighted by molar-refractivity contribution is 5.81. The van der Waals surface area contributed by atoms with Gasteiger partial charge in [-0.05, 0) is 24.6 Å².